The summed E-state index contributed by atoms with van der Waals surface area (Å²) in [7, 11) is -6.77. The number of aryl methyl sites for hydroxylation is 4. The fourth-order valence-corrected chi connectivity index (χ4v) is 8.69. The smallest absolute Gasteiger partial charge is 0.224 e. The van der Waals surface area contributed by atoms with Crippen molar-refractivity contribution < 1.29 is 31.5 Å². The fourth-order valence-electron chi connectivity index (χ4n) is 5.84. The average Bonchev–Trinajstić information content (AvgIpc) is 3.43. The molecule has 0 spiro atoms. The number of hydrogen-bond acceptors (Lipinski definition) is 7. The van der Waals surface area contributed by atoms with Crippen LogP contribution in [0, 0.1) is 0 Å². The first kappa shape index (κ1) is 37.2. The van der Waals surface area contributed by atoms with E-state index in [4.69, 9.17) is 16.7 Å². The Labute approximate surface area is 298 Å². The van der Waals surface area contributed by atoms with E-state index in [1.807, 2.05) is 36.4 Å². The Kier molecular flexibility index (Phi) is 12.5. The van der Waals surface area contributed by atoms with Gasteiger partial charge in [0.1, 0.15) is 0 Å². The lowest BCUT2D eigenvalue weighted by atomic mass is 10.1. The van der Waals surface area contributed by atoms with E-state index in [1.165, 1.54) is 0 Å². The summed E-state index contributed by atoms with van der Waals surface area (Å²) in [6.07, 6.45) is 4.66. The van der Waals surface area contributed by atoms with Crippen LogP contribution in [0.2, 0.25) is 0 Å². The third-order valence-electron chi connectivity index (χ3n) is 8.82. The van der Waals surface area contributed by atoms with Gasteiger partial charge in [-0.25, -0.2) is 16.8 Å². The predicted molar refractivity (Wildman–Crippen MR) is 196 cm³/mol. The molecule has 0 saturated heterocycles. The molecule has 0 unspecified atom stereocenters. The number of halogens is 1. The highest BCUT2D eigenvalue weighted by atomic mass is 35.5. The normalized spacial score (nSPS) is 14.5. The van der Waals surface area contributed by atoms with Crippen molar-refractivity contribution in [3.63, 3.8) is 0 Å². The van der Waals surface area contributed by atoms with E-state index in [0.29, 0.717) is 59.9 Å². The molecule has 2 heterocycles. The Bertz CT molecular complexity index is 1900. The summed E-state index contributed by atoms with van der Waals surface area (Å²) in [5, 5.41) is 14.7. The second-order valence-corrected chi connectivity index (χ2v) is 17.0. The number of anilines is 2. The SMILES string of the molecule is O=C1CCCc2cc(S(=O)(=O)CCc3ccc(CCl)cc3)ccc2N1.O=C1CCCc2cc(S(=O)(=O)CCc3ccc(CO)cc3)ccc2N1. The van der Waals surface area contributed by atoms with E-state index in [1.54, 1.807) is 48.5 Å². The molecule has 0 saturated carbocycles. The van der Waals surface area contributed by atoms with Crippen molar-refractivity contribution in [2.75, 3.05) is 22.1 Å². The molecule has 0 aliphatic carbocycles. The molecule has 264 valence electrons. The van der Waals surface area contributed by atoms with Crippen molar-refractivity contribution in [2.45, 2.75) is 73.6 Å². The second-order valence-electron chi connectivity index (χ2n) is 12.5. The quantitative estimate of drug-likeness (QED) is 0.165. The highest BCUT2D eigenvalue weighted by molar-refractivity contribution is 7.91. The number of aliphatic hydroxyl groups is 1. The molecule has 0 atom stereocenters. The van der Waals surface area contributed by atoms with Gasteiger partial charge in [0.15, 0.2) is 19.7 Å². The molecular formula is C38H41ClN2O7S2. The van der Waals surface area contributed by atoms with E-state index in [0.717, 1.165) is 51.9 Å². The summed E-state index contributed by atoms with van der Waals surface area (Å²) in [6, 6.07) is 24.9. The van der Waals surface area contributed by atoms with Crippen LogP contribution in [0.1, 0.15) is 59.1 Å². The van der Waals surface area contributed by atoms with Crippen LogP contribution in [0.25, 0.3) is 0 Å². The Hall–Kier alpha value is -4.03. The van der Waals surface area contributed by atoms with Crippen LogP contribution in [-0.2, 0) is 67.4 Å². The topological polar surface area (TPSA) is 147 Å². The summed E-state index contributed by atoms with van der Waals surface area (Å²) in [6.45, 7) is -0.0236. The standard InChI is InChI=1S/C19H20ClNO3S.C19H21NO4S/c20-13-15-6-4-14(5-7-15)10-11-25(23,24)17-8-9-18-16(12-17)2-1-3-19(22)21-18;21-13-15-6-4-14(5-7-15)10-11-25(23,24)17-8-9-18-16(12-17)2-1-3-19(22)20-18/h4-9,12H,1-3,10-11,13H2,(H,21,22);4-9,12,21H,1-3,10-11,13H2,(H,20,22). The van der Waals surface area contributed by atoms with Gasteiger partial charge in [0.05, 0.1) is 27.9 Å². The maximum atomic E-state index is 12.7. The molecule has 2 amide bonds. The summed E-state index contributed by atoms with van der Waals surface area (Å²) in [5.74, 6) is 0.481. The Morgan fingerprint density at radius 3 is 1.36 bits per heavy atom. The van der Waals surface area contributed by atoms with E-state index in [2.05, 4.69) is 10.6 Å². The zero-order valence-electron chi connectivity index (χ0n) is 27.7. The van der Waals surface area contributed by atoms with Crippen LogP contribution in [0.5, 0.6) is 0 Å². The first-order valence-corrected chi connectivity index (χ1v) is 20.4. The van der Waals surface area contributed by atoms with E-state index in [-0.39, 0.29) is 29.9 Å². The number of carbonyl (C=O) groups excluding carboxylic acids is 2. The van der Waals surface area contributed by atoms with E-state index in [9.17, 15) is 26.4 Å². The number of nitrogens with one attached hydrogen (secondary N) is 2. The summed E-state index contributed by atoms with van der Waals surface area (Å²) in [5.41, 5.74) is 6.90. The molecular weight excluding hydrogens is 696 g/mol. The minimum Gasteiger partial charge on any atom is -0.392 e. The molecule has 0 fully saturated rings. The predicted octanol–water partition coefficient (Wildman–Crippen LogP) is 6.19. The molecule has 4 aromatic carbocycles. The van der Waals surface area contributed by atoms with Crippen molar-refractivity contribution in [3.05, 3.63) is 118 Å². The van der Waals surface area contributed by atoms with Gasteiger partial charge in [0, 0.05) is 30.1 Å². The Morgan fingerprint density at radius 1 is 0.560 bits per heavy atom. The molecule has 12 heteroatoms. The lowest BCUT2D eigenvalue weighted by Gasteiger charge is -2.10. The van der Waals surface area contributed by atoms with Crippen molar-refractivity contribution in [2.24, 2.45) is 0 Å². The van der Waals surface area contributed by atoms with E-state index < -0.39 is 19.7 Å². The average molecular weight is 737 g/mol. The number of benzene rings is 4. The van der Waals surface area contributed by atoms with Crippen LogP contribution < -0.4 is 10.6 Å². The second kappa shape index (κ2) is 16.8. The van der Waals surface area contributed by atoms with Gasteiger partial charge in [-0.1, -0.05) is 48.5 Å². The van der Waals surface area contributed by atoms with Gasteiger partial charge in [-0.05, 0) is 108 Å². The minimum absolute atomic E-state index is 0.0188. The number of carbonyl (C=O) groups is 2. The Morgan fingerprint density at radius 2 is 0.960 bits per heavy atom. The zero-order valence-corrected chi connectivity index (χ0v) is 30.0. The fraction of sp³-hybridized carbons (Fsp3) is 0.316. The summed E-state index contributed by atoms with van der Waals surface area (Å²) >= 11 is 5.77. The van der Waals surface area contributed by atoms with Gasteiger partial charge in [0.25, 0.3) is 0 Å². The maximum absolute atomic E-state index is 12.7. The summed E-state index contributed by atoms with van der Waals surface area (Å²) < 4.78 is 50.6. The highest BCUT2D eigenvalue weighted by Crippen LogP contribution is 2.27. The zero-order chi connectivity index (χ0) is 35.7. The molecule has 3 N–H and O–H groups in total. The number of hydrogen-bond donors (Lipinski definition) is 3. The molecule has 2 aliphatic heterocycles. The highest BCUT2D eigenvalue weighted by Gasteiger charge is 2.20. The van der Waals surface area contributed by atoms with Crippen LogP contribution in [-0.4, -0.2) is 45.3 Å². The monoisotopic (exact) mass is 736 g/mol. The number of aliphatic hydroxyl groups excluding tert-OH is 1. The van der Waals surface area contributed by atoms with Crippen LogP contribution in [0.4, 0.5) is 11.4 Å². The Balaban J connectivity index is 0.000000194. The number of sulfone groups is 2. The molecule has 0 bridgehead atoms. The number of alkyl halides is 1. The molecule has 4 aromatic rings. The van der Waals surface area contributed by atoms with Crippen molar-refractivity contribution in [1.82, 2.24) is 0 Å². The van der Waals surface area contributed by atoms with Gasteiger partial charge in [0.2, 0.25) is 11.8 Å². The third kappa shape index (κ3) is 10.0. The van der Waals surface area contributed by atoms with Gasteiger partial charge in [-0.15, -0.1) is 11.6 Å². The minimum atomic E-state index is -3.40. The third-order valence-corrected chi connectivity index (χ3v) is 12.6. The molecule has 0 radical (unpaired) electrons. The molecule has 0 aromatic heterocycles. The van der Waals surface area contributed by atoms with Crippen LogP contribution >= 0.6 is 11.6 Å². The van der Waals surface area contributed by atoms with Gasteiger partial charge in [-0.3, -0.25) is 9.59 Å². The van der Waals surface area contributed by atoms with Crippen LogP contribution in [0.3, 0.4) is 0 Å². The first-order chi connectivity index (χ1) is 24.0. The van der Waals surface area contributed by atoms with Gasteiger partial charge < -0.3 is 15.7 Å². The summed E-state index contributed by atoms with van der Waals surface area (Å²) in [4.78, 5) is 23.8. The number of amides is 2. The molecule has 50 heavy (non-hydrogen) atoms. The molecule has 9 nitrogen and oxygen atoms in total. The van der Waals surface area contributed by atoms with Crippen LogP contribution in [0.15, 0.2) is 94.7 Å². The van der Waals surface area contributed by atoms with Crippen molar-refractivity contribution in [3.8, 4) is 0 Å². The van der Waals surface area contributed by atoms with Gasteiger partial charge in [-0.2, -0.15) is 0 Å². The lowest BCUT2D eigenvalue weighted by Crippen LogP contribution is -2.11. The number of rotatable bonds is 10. The van der Waals surface area contributed by atoms with E-state index >= 15 is 0 Å². The number of fused-ring (bicyclic) bond motifs is 2. The van der Waals surface area contributed by atoms with Crippen molar-refractivity contribution in [1.29, 1.82) is 0 Å². The molecule has 2 aliphatic rings. The maximum Gasteiger partial charge on any atom is 0.224 e. The lowest BCUT2D eigenvalue weighted by molar-refractivity contribution is -0.117. The molecule has 6 rings (SSSR count). The van der Waals surface area contributed by atoms with Gasteiger partial charge >= 0.3 is 0 Å². The largest absolute Gasteiger partial charge is 0.392 e. The first-order valence-electron chi connectivity index (χ1n) is 16.6. The van der Waals surface area contributed by atoms with Crippen molar-refractivity contribution >= 4 is 54.5 Å².